The third-order valence-electron chi connectivity index (χ3n) is 2.94. The number of nitrogens with one attached hydrogen (secondary N) is 2. The van der Waals surface area contributed by atoms with Crippen LogP contribution in [0.25, 0.3) is 0 Å². The van der Waals surface area contributed by atoms with E-state index in [0.717, 1.165) is 30.3 Å². The largest absolute Gasteiger partial charge is 0.418 e. The Kier molecular flexibility index (Phi) is 5.12. The minimum absolute atomic E-state index is 0.173. The molecule has 0 aliphatic carbocycles. The van der Waals surface area contributed by atoms with Crippen molar-refractivity contribution >= 4 is 34.7 Å². The van der Waals surface area contributed by atoms with Gasteiger partial charge < -0.3 is 10.6 Å². The highest BCUT2D eigenvalue weighted by molar-refractivity contribution is 6.30. The average Bonchev–Trinajstić information content (AvgIpc) is 2.49. The predicted octanol–water partition coefficient (Wildman–Crippen LogP) is 5.05. The molecular weight excluding hydrogens is 370 g/mol. The molecule has 2 aromatic rings. The van der Waals surface area contributed by atoms with Gasteiger partial charge in [-0.05, 0) is 30.3 Å². The Morgan fingerprint density at radius 1 is 1.12 bits per heavy atom. The number of nitro groups is 1. The number of urea groups is 1. The van der Waals surface area contributed by atoms with Crippen LogP contribution in [0.3, 0.4) is 0 Å². The number of halogens is 5. The van der Waals surface area contributed by atoms with E-state index in [4.69, 9.17) is 11.6 Å². The van der Waals surface area contributed by atoms with Gasteiger partial charge in [0.25, 0.3) is 0 Å². The number of anilines is 2. The molecular formula is C14H8ClF4N3O3. The molecule has 25 heavy (non-hydrogen) atoms. The molecule has 0 fully saturated rings. The standard InChI is InChI=1S/C14H8ClF4N3O3/c15-7-1-4-11(9(5-7)14(17,18)19)21-13(23)20-8-2-3-10(16)12(6-8)22(24)25/h1-6H,(H2,20,21,23). The van der Waals surface area contributed by atoms with Crippen molar-refractivity contribution in [2.75, 3.05) is 10.6 Å². The molecule has 0 bridgehead atoms. The van der Waals surface area contributed by atoms with Crippen molar-refractivity contribution in [2.45, 2.75) is 6.18 Å². The second kappa shape index (κ2) is 6.93. The van der Waals surface area contributed by atoms with Crippen molar-refractivity contribution in [2.24, 2.45) is 0 Å². The van der Waals surface area contributed by atoms with Gasteiger partial charge in [-0.3, -0.25) is 10.1 Å². The van der Waals surface area contributed by atoms with E-state index in [1.165, 1.54) is 0 Å². The summed E-state index contributed by atoms with van der Waals surface area (Å²) in [4.78, 5) is 21.5. The number of carbonyl (C=O) groups is 1. The lowest BCUT2D eigenvalue weighted by molar-refractivity contribution is -0.387. The van der Waals surface area contributed by atoms with Gasteiger partial charge in [-0.25, -0.2) is 4.79 Å². The minimum Gasteiger partial charge on any atom is -0.307 e. The van der Waals surface area contributed by atoms with E-state index < -0.39 is 39.9 Å². The second-order valence-corrected chi connectivity index (χ2v) is 5.13. The molecule has 0 spiro atoms. The zero-order valence-electron chi connectivity index (χ0n) is 12.0. The minimum atomic E-state index is -4.76. The first-order valence-electron chi connectivity index (χ1n) is 6.46. The zero-order chi connectivity index (χ0) is 18.8. The molecule has 2 rings (SSSR count). The Morgan fingerprint density at radius 3 is 2.40 bits per heavy atom. The molecule has 2 N–H and O–H groups in total. The highest BCUT2D eigenvalue weighted by atomic mass is 35.5. The lowest BCUT2D eigenvalue weighted by Gasteiger charge is -2.14. The van der Waals surface area contributed by atoms with Crippen LogP contribution in [-0.2, 0) is 6.18 Å². The normalized spacial score (nSPS) is 11.1. The molecule has 6 nitrogen and oxygen atoms in total. The maximum Gasteiger partial charge on any atom is 0.418 e. The average molecular weight is 378 g/mol. The molecule has 2 aromatic carbocycles. The van der Waals surface area contributed by atoms with Crippen molar-refractivity contribution in [3.8, 4) is 0 Å². The fourth-order valence-electron chi connectivity index (χ4n) is 1.88. The van der Waals surface area contributed by atoms with E-state index in [0.29, 0.717) is 6.07 Å². The Morgan fingerprint density at radius 2 is 1.80 bits per heavy atom. The van der Waals surface area contributed by atoms with Crippen molar-refractivity contribution in [1.82, 2.24) is 0 Å². The molecule has 0 aromatic heterocycles. The molecule has 0 saturated heterocycles. The number of rotatable bonds is 3. The van der Waals surface area contributed by atoms with Gasteiger partial charge in [0, 0.05) is 16.8 Å². The van der Waals surface area contributed by atoms with Crippen molar-refractivity contribution in [1.29, 1.82) is 0 Å². The molecule has 0 saturated carbocycles. The number of carbonyl (C=O) groups excluding carboxylic acids is 1. The smallest absolute Gasteiger partial charge is 0.307 e. The SMILES string of the molecule is O=C(Nc1ccc(F)c([N+](=O)[O-])c1)Nc1ccc(Cl)cc1C(F)(F)F. The molecule has 11 heteroatoms. The van der Waals surface area contributed by atoms with E-state index in [1.54, 1.807) is 0 Å². The van der Waals surface area contributed by atoms with Crippen LogP contribution in [-0.4, -0.2) is 11.0 Å². The predicted molar refractivity (Wildman–Crippen MR) is 82.1 cm³/mol. The maximum absolute atomic E-state index is 13.2. The monoisotopic (exact) mass is 377 g/mol. The molecule has 0 aliphatic heterocycles. The first-order valence-corrected chi connectivity index (χ1v) is 6.84. The number of hydrogen-bond donors (Lipinski definition) is 2. The fourth-order valence-corrected chi connectivity index (χ4v) is 2.05. The van der Waals surface area contributed by atoms with Gasteiger partial charge in [-0.1, -0.05) is 11.6 Å². The number of amides is 2. The summed E-state index contributed by atoms with van der Waals surface area (Å²) in [7, 11) is 0. The van der Waals surface area contributed by atoms with Gasteiger partial charge in [0.1, 0.15) is 0 Å². The third-order valence-corrected chi connectivity index (χ3v) is 3.17. The van der Waals surface area contributed by atoms with Crippen molar-refractivity contribution < 1.29 is 27.3 Å². The van der Waals surface area contributed by atoms with Gasteiger partial charge in [-0.2, -0.15) is 17.6 Å². The highest BCUT2D eigenvalue weighted by Gasteiger charge is 2.34. The Labute approximate surface area is 142 Å². The molecule has 0 radical (unpaired) electrons. The van der Waals surface area contributed by atoms with Crippen molar-refractivity contribution in [3.05, 3.63) is 62.9 Å². The lowest BCUT2D eigenvalue weighted by atomic mass is 10.1. The van der Waals surface area contributed by atoms with E-state index >= 15 is 0 Å². The van der Waals surface area contributed by atoms with Crippen molar-refractivity contribution in [3.63, 3.8) is 0 Å². The zero-order valence-corrected chi connectivity index (χ0v) is 12.8. The summed E-state index contributed by atoms with van der Waals surface area (Å²) in [5.41, 5.74) is -2.79. The maximum atomic E-state index is 13.2. The first-order chi connectivity index (χ1) is 11.6. The number of benzene rings is 2. The van der Waals surface area contributed by atoms with Crippen LogP contribution < -0.4 is 10.6 Å². The van der Waals surface area contributed by atoms with Gasteiger partial charge >= 0.3 is 17.9 Å². The molecule has 0 unspecified atom stereocenters. The van der Waals surface area contributed by atoms with E-state index in [9.17, 15) is 32.5 Å². The van der Waals surface area contributed by atoms with Crippen LogP contribution in [0.15, 0.2) is 36.4 Å². The summed E-state index contributed by atoms with van der Waals surface area (Å²) in [6.07, 6.45) is -4.76. The highest BCUT2D eigenvalue weighted by Crippen LogP contribution is 2.36. The number of hydrogen-bond acceptors (Lipinski definition) is 3. The molecule has 0 aliphatic rings. The molecule has 0 atom stereocenters. The van der Waals surface area contributed by atoms with Gasteiger partial charge in [0.2, 0.25) is 5.82 Å². The van der Waals surface area contributed by atoms with E-state index in [1.807, 2.05) is 5.32 Å². The third kappa shape index (κ3) is 4.57. The topological polar surface area (TPSA) is 84.3 Å². The second-order valence-electron chi connectivity index (χ2n) is 4.69. The van der Waals surface area contributed by atoms with Crippen LogP contribution in [0.2, 0.25) is 5.02 Å². The molecule has 2 amide bonds. The summed E-state index contributed by atoms with van der Waals surface area (Å²) in [6, 6.07) is 4.15. The fraction of sp³-hybridized carbons (Fsp3) is 0.0714. The van der Waals surface area contributed by atoms with Gasteiger partial charge in [-0.15, -0.1) is 0 Å². The number of nitrogens with zero attached hydrogens (tertiary/aromatic N) is 1. The van der Waals surface area contributed by atoms with Crippen LogP contribution in [0.5, 0.6) is 0 Å². The van der Waals surface area contributed by atoms with Gasteiger partial charge in [0.15, 0.2) is 0 Å². The number of nitro benzene ring substituents is 1. The summed E-state index contributed by atoms with van der Waals surface area (Å²) in [5.74, 6) is -1.12. The van der Waals surface area contributed by atoms with E-state index in [-0.39, 0.29) is 10.7 Å². The Balaban J connectivity index is 2.22. The molecule has 0 heterocycles. The van der Waals surface area contributed by atoms with Crippen LogP contribution in [0.1, 0.15) is 5.56 Å². The lowest BCUT2D eigenvalue weighted by Crippen LogP contribution is -2.22. The Bertz CT molecular complexity index is 843. The van der Waals surface area contributed by atoms with Crippen LogP contribution in [0.4, 0.5) is 39.4 Å². The summed E-state index contributed by atoms with van der Waals surface area (Å²) >= 11 is 5.52. The summed E-state index contributed by atoms with van der Waals surface area (Å²) in [6.45, 7) is 0. The van der Waals surface area contributed by atoms with Crippen LogP contribution >= 0.6 is 11.6 Å². The molecule has 132 valence electrons. The number of alkyl halides is 3. The van der Waals surface area contributed by atoms with E-state index in [2.05, 4.69) is 5.32 Å². The first kappa shape index (κ1) is 18.5. The summed E-state index contributed by atoms with van der Waals surface area (Å²) in [5, 5.41) is 14.5. The van der Waals surface area contributed by atoms with Gasteiger partial charge in [0.05, 0.1) is 16.2 Å². The van der Waals surface area contributed by atoms with Crippen LogP contribution in [0, 0.1) is 15.9 Å². The Hall–Kier alpha value is -2.88. The quantitative estimate of drug-likeness (QED) is 0.446. The summed E-state index contributed by atoms with van der Waals surface area (Å²) < 4.78 is 52.1.